The Kier molecular flexibility index (Phi) is 2.64. The molecule has 0 spiro atoms. The number of rotatable bonds is 2. The van der Waals surface area contributed by atoms with Gasteiger partial charge in [-0.1, -0.05) is 18.2 Å². The van der Waals surface area contributed by atoms with Crippen LogP contribution in [0, 0.1) is 0 Å². The third kappa shape index (κ3) is 2.32. The van der Waals surface area contributed by atoms with E-state index >= 15 is 0 Å². The number of aromatic nitrogens is 3. The largest absolute Gasteiger partial charge is 0.411 e. The van der Waals surface area contributed by atoms with E-state index in [1.54, 1.807) is 0 Å². The van der Waals surface area contributed by atoms with Gasteiger partial charge in [0, 0.05) is 11.6 Å². The van der Waals surface area contributed by atoms with Crippen molar-refractivity contribution in [1.82, 2.24) is 14.8 Å². The maximum Gasteiger partial charge on any atom is 0.411 e. The first-order valence-corrected chi connectivity index (χ1v) is 4.48. The minimum Gasteiger partial charge on any atom is -0.377 e. The number of para-hydroxylation sites is 1. The standard InChI is InChI=1S/C9H6ClN3O2/c10-8(14)15-9-11-6-13(12-9)7-4-2-1-3-5-7/h1-6H. The van der Waals surface area contributed by atoms with E-state index < -0.39 is 5.43 Å². The summed E-state index contributed by atoms with van der Waals surface area (Å²) in [6.07, 6.45) is 1.44. The molecule has 5 nitrogen and oxygen atoms in total. The molecule has 1 heterocycles. The number of carbonyl (C=O) groups is 1. The first-order valence-electron chi connectivity index (χ1n) is 4.10. The summed E-state index contributed by atoms with van der Waals surface area (Å²) in [6, 6.07) is 9.25. The van der Waals surface area contributed by atoms with Crippen molar-refractivity contribution in [1.29, 1.82) is 0 Å². The summed E-state index contributed by atoms with van der Waals surface area (Å²) in [7, 11) is 0. The third-order valence-corrected chi connectivity index (χ3v) is 1.74. The molecule has 1 aromatic heterocycles. The van der Waals surface area contributed by atoms with Gasteiger partial charge in [-0.15, -0.1) is 5.10 Å². The predicted octanol–water partition coefficient (Wildman–Crippen LogP) is 2.00. The third-order valence-electron chi connectivity index (χ3n) is 1.66. The second-order valence-electron chi connectivity index (χ2n) is 2.65. The Labute approximate surface area is 90.3 Å². The van der Waals surface area contributed by atoms with Crippen molar-refractivity contribution in [2.45, 2.75) is 0 Å². The van der Waals surface area contributed by atoms with Gasteiger partial charge in [0.15, 0.2) is 0 Å². The minimum atomic E-state index is -0.958. The topological polar surface area (TPSA) is 57.0 Å². The summed E-state index contributed by atoms with van der Waals surface area (Å²) in [5.74, 6) is 0. The number of carbonyl (C=O) groups excluding carboxylic acids is 1. The van der Waals surface area contributed by atoms with E-state index in [0.29, 0.717) is 0 Å². The number of ether oxygens (including phenoxy) is 1. The molecule has 0 bridgehead atoms. The Morgan fingerprint density at radius 3 is 2.73 bits per heavy atom. The quantitative estimate of drug-likeness (QED) is 0.731. The molecule has 0 saturated heterocycles. The fourth-order valence-electron chi connectivity index (χ4n) is 1.07. The monoisotopic (exact) mass is 223 g/mol. The highest BCUT2D eigenvalue weighted by atomic mass is 35.5. The van der Waals surface area contributed by atoms with E-state index in [4.69, 9.17) is 11.6 Å². The molecule has 0 amide bonds. The number of hydrogen-bond acceptors (Lipinski definition) is 4. The minimum absolute atomic E-state index is 0.0705. The molecule has 6 heteroatoms. The zero-order chi connectivity index (χ0) is 10.7. The average Bonchev–Trinajstić information content (AvgIpc) is 2.67. The van der Waals surface area contributed by atoms with Gasteiger partial charge in [0.1, 0.15) is 6.33 Å². The van der Waals surface area contributed by atoms with E-state index in [0.717, 1.165) is 5.69 Å². The summed E-state index contributed by atoms with van der Waals surface area (Å²) in [4.78, 5) is 14.2. The van der Waals surface area contributed by atoms with E-state index in [1.807, 2.05) is 30.3 Å². The van der Waals surface area contributed by atoms with Crippen LogP contribution in [0.3, 0.4) is 0 Å². The zero-order valence-corrected chi connectivity index (χ0v) is 8.26. The van der Waals surface area contributed by atoms with Crippen LogP contribution < -0.4 is 4.74 Å². The van der Waals surface area contributed by atoms with Gasteiger partial charge in [-0.05, 0) is 12.1 Å². The lowest BCUT2D eigenvalue weighted by atomic mass is 10.3. The molecule has 2 rings (SSSR count). The SMILES string of the molecule is O=C(Cl)Oc1ncn(-c2ccccc2)n1. The molecule has 0 N–H and O–H groups in total. The first-order chi connectivity index (χ1) is 7.25. The van der Waals surface area contributed by atoms with Crippen molar-refractivity contribution in [2.24, 2.45) is 0 Å². The van der Waals surface area contributed by atoms with Crippen molar-refractivity contribution >= 4 is 17.0 Å². The lowest BCUT2D eigenvalue weighted by Crippen LogP contribution is -1.99. The number of halogens is 1. The highest BCUT2D eigenvalue weighted by Crippen LogP contribution is 2.08. The van der Waals surface area contributed by atoms with Crippen molar-refractivity contribution in [3.8, 4) is 11.7 Å². The Balaban J connectivity index is 2.24. The second kappa shape index (κ2) is 4.10. The predicted molar refractivity (Wildman–Crippen MR) is 53.2 cm³/mol. The molecule has 0 unspecified atom stereocenters. The molecule has 0 aliphatic carbocycles. The van der Waals surface area contributed by atoms with Crippen LogP contribution in [0.15, 0.2) is 36.7 Å². The summed E-state index contributed by atoms with van der Waals surface area (Å²) >= 11 is 5.02. The van der Waals surface area contributed by atoms with Crippen LogP contribution in [0.25, 0.3) is 5.69 Å². The molecule has 15 heavy (non-hydrogen) atoms. The lowest BCUT2D eigenvalue weighted by Gasteiger charge is -1.97. The maximum atomic E-state index is 10.4. The fraction of sp³-hybridized carbons (Fsp3) is 0. The number of hydrogen-bond donors (Lipinski definition) is 0. The Hall–Kier alpha value is -1.88. The lowest BCUT2D eigenvalue weighted by molar-refractivity contribution is 0.222. The van der Waals surface area contributed by atoms with Gasteiger partial charge in [0.2, 0.25) is 0 Å². The van der Waals surface area contributed by atoms with E-state index in [-0.39, 0.29) is 6.01 Å². The molecule has 0 saturated carbocycles. The second-order valence-corrected chi connectivity index (χ2v) is 2.96. The molecule has 1 aromatic carbocycles. The number of nitrogens with zero attached hydrogens (tertiary/aromatic N) is 3. The number of benzene rings is 1. The van der Waals surface area contributed by atoms with Crippen molar-refractivity contribution in [3.05, 3.63) is 36.7 Å². The van der Waals surface area contributed by atoms with Crippen LogP contribution in [0.4, 0.5) is 4.79 Å². The average molecular weight is 224 g/mol. The van der Waals surface area contributed by atoms with Crippen LogP contribution in [0.5, 0.6) is 6.01 Å². The summed E-state index contributed by atoms with van der Waals surface area (Å²) in [6.45, 7) is 0. The molecule has 2 aromatic rings. The van der Waals surface area contributed by atoms with Gasteiger partial charge in [0.05, 0.1) is 5.69 Å². The molecular formula is C9H6ClN3O2. The van der Waals surface area contributed by atoms with Gasteiger partial charge >= 0.3 is 11.4 Å². The Bertz CT molecular complexity index is 469. The first kappa shape index (κ1) is 9.67. The van der Waals surface area contributed by atoms with Crippen LogP contribution in [-0.2, 0) is 0 Å². The van der Waals surface area contributed by atoms with Crippen molar-refractivity contribution in [3.63, 3.8) is 0 Å². The van der Waals surface area contributed by atoms with Crippen LogP contribution in [0.1, 0.15) is 0 Å². The van der Waals surface area contributed by atoms with Gasteiger partial charge in [-0.25, -0.2) is 9.48 Å². The summed E-state index contributed by atoms with van der Waals surface area (Å²) < 4.78 is 5.98. The van der Waals surface area contributed by atoms with E-state index in [1.165, 1.54) is 11.0 Å². The normalized spacial score (nSPS) is 9.93. The van der Waals surface area contributed by atoms with Crippen LogP contribution in [-0.4, -0.2) is 20.2 Å². The molecule has 0 atom stereocenters. The molecule has 0 aliphatic rings. The highest BCUT2D eigenvalue weighted by Gasteiger charge is 2.06. The molecule has 76 valence electrons. The smallest absolute Gasteiger partial charge is 0.377 e. The zero-order valence-electron chi connectivity index (χ0n) is 7.50. The van der Waals surface area contributed by atoms with E-state index in [2.05, 4.69) is 14.8 Å². The van der Waals surface area contributed by atoms with Crippen molar-refractivity contribution in [2.75, 3.05) is 0 Å². The van der Waals surface area contributed by atoms with Gasteiger partial charge in [-0.3, -0.25) is 0 Å². The highest BCUT2D eigenvalue weighted by molar-refractivity contribution is 6.61. The fourth-order valence-corrected chi connectivity index (χ4v) is 1.14. The molecule has 0 fully saturated rings. The molecule has 0 aliphatic heterocycles. The van der Waals surface area contributed by atoms with Gasteiger partial charge < -0.3 is 4.74 Å². The maximum absolute atomic E-state index is 10.4. The van der Waals surface area contributed by atoms with Crippen LogP contribution >= 0.6 is 11.6 Å². The Morgan fingerprint density at radius 2 is 2.07 bits per heavy atom. The van der Waals surface area contributed by atoms with Crippen LogP contribution in [0.2, 0.25) is 0 Å². The Morgan fingerprint density at radius 1 is 1.33 bits per heavy atom. The van der Waals surface area contributed by atoms with Gasteiger partial charge in [-0.2, -0.15) is 4.98 Å². The van der Waals surface area contributed by atoms with Crippen molar-refractivity contribution < 1.29 is 9.53 Å². The summed E-state index contributed by atoms with van der Waals surface area (Å²) in [5, 5.41) is 3.90. The molecular weight excluding hydrogens is 218 g/mol. The van der Waals surface area contributed by atoms with E-state index in [9.17, 15) is 4.79 Å². The van der Waals surface area contributed by atoms with Gasteiger partial charge in [0.25, 0.3) is 0 Å². The summed E-state index contributed by atoms with van der Waals surface area (Å²) in [5.41, 5.74) is -0.136. The molecule has 0 radical (unpaired) electrons.